The monoisotopic (exact) mass is 496 g/mol. The Morgan fingerprint density at radius 3 is 2.31 bits per heavy atom. The van der Waals surface area contributed by atoms with Crippen molar-refractivity contribution in [1.82, 2.24) is 10.2 Å². The molecular formula is C28H27F3N2O3. The van der Waals surface area contributed by atoms with Crippen molar-refractivity contribution in [1.29, 1.82) is 0 Å². The van der Waals surface area contributed by atoms with E-state index in [0.717, 1.165) is 11.6 Å². The zero-order valence-electron chi connectivity index (χ0n) is 20.1. The van der Waals surface area contributed by atoms with Crippen LogP contribution < -0.4 is 5.32 Å². The van der Waals surface area contributed by atoms with Crippen molar-refractivity contribution in [2.45, 2.75) is 38.3 Å². The molecule has 1 unspecified atom stereocenters. The molecule has 3 aromatic rings. The highest BCUT2D eigenvalue weighted by Crippen LogP contribution is 2.39. The van der Waals surface area contributed by atoms with Crippen LogP contribution in [0.15, 0.2) is 66.7 Å². The van der Waals surface area contributed by atoms with E-state index in [1.165, 1.54) is 31.2 Å². The van der Waals surface area contributed by atoms with Gasteiger partial charge in [0.1, 0.15) is 23.1 Å². The highest BCUT2D eigenvalue weighted by molar-refractivity contribution is 5.73. The van der Waals surface area contributed by atoms with E-state index in [0.29, 0.717) is 37.1 Å². The van der Waals surface area contributed by atoms with Gasteiger partial charge >= 0.3 is 6.09 Å². The summed E-state index contributed by atoms with van der Waals surface area (Å²) in [5.74, 6) is -1.87. The maximum absolute atomic E-state index is 14.2. The number of ether oxygens (including phenoxy) is 1. The van der Waals surface area contributed by atoms with Crippen LogP contribution >= 0.6 is 0 Å². The van der Waals surface area contributed by atoms with Gasteiger partial charge in [-0.15, -0.1) is 0 Å². The largest absolute Gasteiger partial charge is 0.438 e. The van der Waals surface area contributed by atoms with E-state index in [1.807, 2.05) is 6.92 Å². The first-order chi connectivity index (χ1) is 17.2. The van der Waals surface area contributed by atoms with Crippen molar-refractivity contribution >= 4 is 12.0 Å². The fourth-order valence-corrected chi connectivity index (χ4v) is 4.58. The standard InChI is InChI=1S/C28H27F3N2O3/c1-18(20-3-5-21(6-4-20)25-12-11-24(30)17-26(25)31)33-16-14-28(36-27(33)35,13-15-32-19(2)34)22-7-9-23(29)10-8-22/h3-12,17-18H,13-16H2,1-2H3,(H,32,34)/t18-,28?/m0/s1. The summed E-state index contributed by atoms with van der Waals surface area (Å²) in [5.41, 5.74) is 1.38. The molecule has 1 N–H and O–H groups in total. The number of cyclic esters (lactones) is 1. The van der Waals surface area contributed by atoms with E-state index < -0.39 is 29.1 Å². The maximum atomic E-state index is 14.2. The molecule has 4 rings (SSSR count). The van der Waals surface area contributed by atoms with Gasteiger partial charge in [-0.25, -0.2) is 18.0 Å². The molecule has 0 aliphatic carbocycles. The summed E-state index contributed by atoms with van der Waals surface area (Å²) in [4.78, 5) is 26.2. The minimum Gasteiger partial charge on any atom is -0.438 e. The molecule has 0 saturated carbocycles. The molecule has 1 aliphatic rings. The average molecular weight is 497 g/mol. The van der Waals surface area contributed by atoms with Crippen LogP contribution in [0.5, 0.6) is 0 Å². The van der Waals surface area contributed by atoms with E-state index in [2.05, 4.69) is 5.32 Å². The summed E-state index contributed by atoms with van der Waals surface area (Å²) < 4.78 is 46.9. The van der Waals surface area contributed by atoms with Crippen molar-refractivity contribution in [2.75, 3.05) is 13.1 Å². The third-order valence-electron chi connectivity index (χ3n) is 6.65. The summed E-state index contributed by atoms with van der Waals surface area (Å²) in [6.07, 6.45) is 0.284. The summed E-state index contributed by atoms with van der Waals surface area (Å²) in [6, 6.07) is 16.0. The van der Waals surface area contributed by atoms with Gasteiger partial charge < -0.3 is 15.0 Å². The Morgan fingerprint density at radius 2 is 1.69 bits per heavy atom. The second-order valence-electron chi connectivity index (χ2n) is 8.97. The number of nitrogens with zero attached hydrogens (tertiary/aromatic N) is 1. The van der Waals surface area contributed by atoms with Crippen molar-refractivity contribution < 1.29 is 27.5 Å². The first kappa shape index (κ1) is 25.3. The number of hydrogen-bond donors (Lipinski definition) is 1. The molecular weight excluding hydrogens is 469 g/mol. The molecule has 0 radical (unpaired) electrons. The van der Waals surface area contributed by atoms with Gasteiger partial charge in [0.2, 0.25) is 5.91 Å². The van der Waals surface area contributed by atoms with E-state index >= 15 is 0 Å². The van der Waals surface area contributed by atoms with Gasteiger partial charge in [-0.05, 0) is 47.9 Å². The quantitative estimate of drug-likeness (QED) is 0.430. The van der Waals surface area contributed by atoms with Crippen molar-refractivity contribution in [3.63, 3.8) is 0 Å². The molecule has 0 spiro atoms. The Morgan fingerprint density at radius 1 is 1.03 bits per heavy atom. The topological polar surface area (TPSA) is 58.6 Å². The van der Waals surface area contributed by atoms with Gasteiger partial charge in [0.05, 0.1) is 6.04 Å². The minimum absolute atomic E-state index is 0.189. The number of rotatable bonds is 7. The molecule has 3 aromatic carbocycles. The summed E-state index contributed by atoms with van der Waals surface area (Å²) in [7, 11) is 0. The number of halogens is 3. The van der Waals surface area contributed by atoms with Crippen molar-refractivity contribution in [2.24, 2.45) is 0 Å². The van der Waals surface area contributed by atoms with E-state index in [4.69, 9.17) is 4.74 Å². The van der Waals surface area contributed by atoms with Crippen LogP contribution in [0.1, 0.15) is 43.9 Å². The summed E-state index contributed by atoms with van der Waals surface area (Å²) in [6.45, 7) is 3.97. The normalized spacial score (nSPS) is 18.5. The lowest BCUT2D eigenvalue weighted by molar-refractivity contribution is -0.119. The van der Waals surface area contributed by atoms with Crippen LogP contribution in [0.4, 0.5) is 18.0 Å². The lowest BCUT2D eigenvalue weighted by atomic mass is 9.85. The van der Waals surface area contributed by atoms with E-state index in [1.54, 1.807) is 41.3 Å². The molecule has 1 heterocycles. The molecule has 5 nitrogen and oxygen atoms in total. The van der Waals surface area contributed by atoms with Crippen molar-refractivity contribution in [3.8, 4) is 11.1 Å². The third kappa shape index (κ3) is 5.37. The van der Waals surface area contributed by atoms with E-state index in [-0.39, 0.29) is 17.5 Å². The molecule has 2 atom stereocenters. The second kappa shape index (κ2) is 10.4. The van der Waals surface area contributed by atoms with Gasteiger partial charge in [0.15, 0.2) is 0 Å². The number of nitrogens with one attached hydrogen (secondary N) is 1. The number of benzene rings is 3. The number of amides is 2. The molecule has 0 aromatic heterocycles. The van der Waals surface area contributed by atoms with Gasteiger partial charge in [0.25, 0.3) is 0 Å². The van der Waals surface area contributed by atoms with Crippen LogP contribution in [0.2, 0.25) is 0 Å². The zero-order valence-corrected chi connectivity index (χ0v) is 20.1. The van der Waals surface area contributed by atoms with Gasteiger partial charge in [-0.3, -0.25) is 4.79 Å². The van der Waals surface area contributed by atoms with Crippen LogP contribution in [-0.4, -0.2) is 30.0 Å². The Balaban J connectivity index is 1.51. The highest BCUT2D eigenvalue weighted by Gasteiger charge is 2.43. The SMILES string of the molecule is CC(=O)NCCC1(c2ccc(F)cc2)CCN([C@@H](C)c2ccc(-c3ccc(F)cc3F)cc2)C(=O)O1. The van der Waals surface area contributed by atoms with Crippen molar-refractivity contribution in [3.05, 3.63) is 95.3 Å². The molecule has 0 bridgehead atoms. The Kier molecular flexibility index (Phi) is 7.33. The van der Waals surface area contributed by atoms with Crippen LogP contribution in [-0.2, 0) is 15.1 Å². The predicted octanol–water partition coefficient (Wildman–Crippen LogP) is 6.10. The van der Waals surface area contributed by atoms with Crippen LogP contribution in [0.3, 0.4) is 0 Å². The molecule has 36 heavy (non-hydrogen) atoms. The first-order valence-corrected chi connectivity index (χ1v) is 11.7. The Bertz CT molecular complexity index is 1250. The first-order valence-electron chi connectivity index (χ1n) is 11.7. The highest BCUT2D eigenvalue weighted by atomic mass is 19.1. The summed E-state index contributed by atoms with van der Waals surface area (Å²) >= 11 is 0. The molecule has 8 heteroatoms. The average Bonchev–Trinajstić information content (AvgIpc) is 2.84. The van der Waals surface area contributed by atoms with Gasteiger partial charge in [0, 0.05) is 44.5 Å². The molecule has 1 fully saturated rings. The lowest BCUT2D eigenvalue weighted by Gasteiger charge is -2.43. The van der Waals surface area contributed by atoms with Gasteiger partial charge in [-0.1, -0.05) is 36.4 Å². The van der Waals surface area contributed by atoms with Gasteiger partial charge in [-0.2, -0.15) is 0 Å². The lowest BCUT2D eigenvalue weighted by Crippen LogP contribution is -2.49. The fraction of sp³-hybridized carbons (Fsp3) is 0.286. The fourth-order valence-electron chi connectivity index (χ4n) is 4.58. The maximum Gasteiger partial charge on any atom is 0.411 e. The smallest absolute Gasteiger partial charge is 0.411 e. The Labute approximate surface area is 207 Å². The Hall–Kier alpha value is -3.81. The number of carbonyl (C=O) groups excluding carboxylic acids is 2. The molecule has 2 amide bonds. The zero-order chi connectivity index (χ0) is 25.9. The molecule has 188 valence electrons. The second-order valence-corrected chi connectivity index (χ2v) is 8.97. The third-order valence-corrected chi connectivity index (χ3v) is 6.65. The van der Waals surface area contributed by atoms with Crippen LogP contribution in [0, 0.1) is 17.5 Å². The molecule has 1 aliphatic heterocycles. The number of carbonyl (C=O) groups is 2. The van der Waals surface area contributed by atoms with E-state index in [9.17, 15) is 22.8 Å². The number of hydrogen-bond acceptors (Lipinski definition) is 3. The minimum atomic E-state index is -0.993. The summed E-state index contributed by atoms with van der Waals surface area (Å²) in [5, 5.41) is 2.73. The van der Waals surface area contributed by atoms with Crippen LogP contribution in [0.25, 0.3) is 11.1 Å². The molecule has 1 saturated heterocycles. The predicted molar refractivity (Wildman–Crippen MR) is 129 cm³/mol.